The molecule has 26 heavy (non-hydrogen) atoms. The van der Waals surface area contributed by atoms with Crippen LogP contribution in [-0.4, -0.2) is 25.4 Å². The third-order valence-corrected chi connectivity index (χ3v) is 4.03. The fourth-order valence-corrected chi connectivity index (χ4v) is 2.66. The van der Waals surface area contributed by atoms with Gasteiger partial charge in [-0.3, -0.25) is 9.78 Å². The van der Waals surface area contributed by atoms with Crippen LogP contribution in [0.5, 0.6) is 0 Å². The smallest absolute Gasteiger partial charge is 0.256 e. The highest BCUT2D eigenvalue weighted by atomic mass is 19.1. The summed E-state index contributed by atoms with van der Waals surface area (Å²) in [4.78, 5) is 25.0. The van der Waals surface area contributed by atoms with Gasteiger partial charge in [-0.15, -0.1) is 0 Å². The van der Waals surface area contributed by atoms with Gasteiger partial charge in [-0.2, -0.15) is 0 Å². The Labute approximate surface area is 148 Å². The molecule has 0 saturated heterocycles. The second kappa shape index (κ2) is 6.36. The number of amides is 1. The van der Waals surface area contributed by atoms with E-state index in [0.29, 0.717) is 11.4 Å². The third-order valence-electron chi connectivity index (χ3n) is 4.03. The number of nitrogens with zero attached hydrogens (tertiary/aromatic N) is 4. The zero-order valence-electron chi connectivity index (χ0n) is 13.8. The summed E-state index contributed by atoms with van der Waals surface area (Å²) in [6, 6.07) is 9.05. The number of hydrogen-bond acceptors (Lipinski definition) is 4. The fourth-order valence-electron chi connectivity index (χ4n) is 2.66. The number of pyridine rings is 2. The molecule has 0 aliphatic rings. The molecule has 0 saturated carbocycles. The molecule has 0 aliphatic heterocycles. The van der Waals surface area contributed by atoms with Crippen LogP contribution < -0.4 is 5.32 Å². The highest BCUT2D eigenvalue weighted by Gasteiger charge is 2.09. The van der Waals surface area contributed by atoms with Crippen molar-refractivity contribution >= 4 is 22.6 Å². The van der Waals surface area contributed by atoms with Crippen LogP contribution in [0.2, 0.25) is 0 Å². The summed E-state index contributed by atoms with van der Waals surface area (Å²) in [6.07, 6.45) is 6.85. The first-order valence-corrected chi connectivity index (χ1v) is 7.89. The van der Waals surface area contributed by atoms with E-state index in [0.717, 1.165) is 22.2 Å². The van der Waals surface area contributed by atoms with Crippen molar-refractivity contribution in [1.29, 1.82) is 0 Å². The second-order valence-corrected chi connectivity index (χ2v) is 5.84. The maximum absolute atomic E-state index is 13.0. The number of hydrogen-bond donors (Lipinski definition) is 1. The minimum Gasteiger partial charge on any atom is -0.334 e. The lowest BCUT2D eigenvalue weighted by Gasteiger charge is -2.07. The van der Waals surface area contributed by atoms with Gasteiger partial charge >= 0.3 is 0 Å². The Balaban J connectivity index is 1.65. The molecule has 0 spiro atoms. The number of rotatable bonds is 3. The van der Waals surface area contributed by atoms with Gasteiger partial charge in [-0.1, -0.05) is 0 Å². The molecule has 128 valence electrons. The number of anilines is 1. The molecule has 1 amide bonds. The van der Waals surface area contributed by atoms with Crippen LogP contribution in [0.15, 0.2) is 61.3 Å². The van der Waals surface area contributed by atoms with Crippen LogP contribution in [-0.2, 0) is 7.05 Å². The third kappa shape index (κ3) is 3.02. The molecule has 6 nitrogen and oxygen atoms in total. The Hall–Kier alpha value is -3.61. The second-order valence-electron chi connectivity index (χ2n) is 5.84. The number of aryl methyl sites for hydroxylation is 1. The van der Waals surface area contributed by atoms with E-state index in [1.165, 1.54) is 24.3 Å². The van der Waals surface area contributed by atoms with Gasteiger partial charge in [0.15, 0.2) is 0 Å². The van der Waals surface area contributed by atoms with E-state index in [1.54, 1.807) is 31.0 Å². The van der Waals surface area contributed by atoms with Crippen LogP contribution in [0.3, 0.4) is 0 Å². The van der Waals surface area contributed by atoms with E-state index >= 15 is 0 Å². The largest absolute Gasteiger partial charge is 0.334 e. The predicted molar refractivity (Wildman–Crippen MR) is 96.1 cm³/mol. The summed E-state index contributed by atoms with van der Waals surface area (Å²) in [5.74, 6) is -0.345. The van der Waals surface area contributed by atoms with E-state index in [4.69, 9.17) is 0 Å². The van der Waals surface area contributed by atoms with Gasteiger partial charge < -0.3 is 9.88 Å². The lowest BCUT2D eigenvalue weighted by atomic mass is 10.1. The van der Waals surface area contributed by atoms with Crippen molar-refractivity contribution in [3.8, 4) is 11.3 Å². The van der Waals surface area contributed by atoms with Crippen molar-refractivity contribution < 1.29 is 9.18 Å². The number of benzene rings is 1. The van der Waals surface area contributed by atoms with Crippen LogP contribution in [0.25, 0.3) is 22.2 Å². The summed E-state index contributed by atoms with van der Waals surface area (Å²) in [5.41, 5.74) is 2.93. The zero-order chi connectivity index (χ0) is 18.1. The molecule has 0 radical (unpaired) electrons. The normalized spacial score (nSPS) is 10.8. The zero-order valence-corrected chi connectivity index (χ0v) is 13.8. The van der Waals surface area contributed by atoms with Crippen LogP contribution in [0.1, 0.15) is 10.4 Å². The molecule has 3 heterocycles. The number of aromatic nitrogens is 4. The fraction of sp³-hybridized carbons (Fsp3) is 0.0526. The van der Waals surface area contributed by atoms with Gasteiger partial charge in [-0.05, 0) is 36.4 Å². The number of halogens is 1. The summed E-state index contributed by atoms with van der Waals surface area (Å²) in [5, 5.41) is 3.56. The number of fused-ring (bicyclic) bond motifs is 1. The molecular formula is C19H14FN5O. The van der Waals surface area contributed by atoms with E-state index in [9.17, 15) is 9.18 Å². The van der Waals surface area contributed by atoms with Crippen molar-refractivity contribution in [2.75, 3.05) is 5.32 Å². The van der Waals surface area contributed by atoms with E-state index in [-0.39, 0.29) is 11.7 Å². The monoisotopic (exact) mass is 347 g/mol. The highest BCUT2D eigenvalue weighted by molar-refractivity contribution is 6.04. The first kappa shape index (κ1) is 15.9. The Bertz CT molecular complexity index is 1100. The molecular weight excluding hydrogens is 333 g/mol. The van der Waals surface area contributed by atoms with Gasteiger partial charge in [0.25, 0.3) is 5.91 Å². The van der Waals surface area contributed by atoms with Gasteiger partial charge in [0, 0.05) is 29.8 Å². The molecule has 1 aromatic carbocycles. The van der Waals surface area contributed by atoms with Crippen LogP contribution in [0.4, 0.5) is 10.2 Å². The van der Waals surface area contributed by atoms with Crippen LogP contribution in [0, 0.1) is 5.82 Å². The quantitative estimate of drug-likeness (QED) is 0.616. The van der Waals surface area contributed by atoms with Crippen molar-refractivity contribution in [2.24, 2.45) is 7.05 Å². The maximum atomic E-state index is 13.0. The molecule has 0 aliphatic carbocycles. The average Bonchev–Trinajstić information content (AvgIpc) is 3.07. The van der Waals surface area contributed by atoms with Crippen molar-refractivity contribution in [1.82, 2.24) is 19.5 Å². The Kier molecular flexibility index (Phi) is 3.89. The summed E-state index contributed by atoms with van der Waals surface area (Å²) < 4.78 is 14.9. The lowest BCUT2D eigenvalue weighted by Crippen LogP contribution is -2.12. The van der Waals surface area contributed by atoms with Crippen molar-refractivity contribution in [3.63, 3.8) is 0 Å². The minimum atomic E-state index is -0.390. The van der Waals surface area contributed by atoms with Gasteiger partial charge in [0.1, 0.15) is 11.6 Å². The molecule has 0 bridgehead atoms. The van der Waals surface area contributed by atoms with Gasteiger partial charge in [0.2, 0.25) is 0 Å². The van der Waals surface area contributed by atoms with Crippen molar-refractivity contribution in [2.45, 2.75) is 0 Å². The van der Waals surface area contributed by atoms with Gasteiger partial charge in [0.05, 0.1) is 29.9 Å². The first-order chi connectivity index (χ1) is 12.6. The molecule has 0 atom stereocenters. The van der Waals surface area contributed by atoms with Gasteiger partial charge in [-0.25, -0.2) is 14.4 Å². The molecule has 3 aromatic heterocycles. The number of carbonyl (C=O) groups is 1. The standard InChI is InChI=1S/C19H14FN5O/c1-25-11-21-10-17(25)14-6-13-7-18(23-9-16(13)22-8-14)24-19(26)12-2-4-15(20)5-3-12/h2-11H,1H3,(H,23,24,26). The minimum absolute atomic E-state index is 0.354. The first-order valence-electron chi connectivity index (χ1n) is 7.89. The Morgan fingerprint density at radius 1 is 1.08 bits per heavy atom. The molecule has 4 aromatic rings. The molecule has 0 unspecified atom stereocenters. The number of imidazole rings is 1. The van der Waals surface area contributed by atoms with E-state index in [2.05, 4.69) is 20.3 Å². The topological polar surface area (TPSA) is 72.7 Å². The van der Waals surface area contributed by atoms with Crippen molar-refractivity contribution in [3.05, 3.63) is 72.7 Å². The highest BCUT2D eigenvalue weighted by Crippen LogP contribution is 2.23. The summed E-state index contributed by atoms with van der Waals surface area (Å²) in [6.45, 7) is 0. The summed E-state index contributed by atoms with van der Waals surface area (Å²) in [7, 11) is 1.91. The number of nitrogens with one attached hydrogen (secondary N) is 1. The molecule has 0 fully saturated rings. The maximum Gasteiger partial charge on any atom is 0.256 e. The van der Waals surface area contributed by atoms with E-state index < -0.39 is 0 Å². The summed E-state index contributed by atoms with van der Waals surface area (Å²) >= 11 is 0. The molecule has 4 rings (SSSR count). The number of carbonyl (C=O) groups excluding carboxylic acids is 1. The van der Waals surface area contributed by atoms with E-state index in [1.807, 2.05) is 17.7 Å². The predicted octanol–water partition coefficient (Wildman–Crippen LogP) is 3.42. The Morgan fingerprint density at radius 3 is 2.62 bits per heavy atom. The molecule has 7 heteroatoms. The van der Waals surface area contributed by atoms with Crippen LogP contribution >= 0.6 is 0 Å². The average molecular weight is 347 g/mol. The lowest BCUT2D eigenvalue weighted by molar-refractivity contribution is 0.102. The Morgan fingerprint density at radius 2 is 1.88 bits per heavy atom. The molecule has 1 N–H and O–H groups in total. The SMILES string of the molecule is Cn1cncc1-c1cnc2cnc(NC(=O)c3ccc(F)cc3)cc2c1.